The smallest absolute Gasteiger partial charge is 0.0897 e. The van der Waals surface area contributed by atoms with Gasteiger partial charge in [0.1, 0.15) is 0 Å². The van der Waals surface area contributed by atoms with Crippen LogP contribution in [-0.2, 0) is 9.47 Å². The molecule has 0 heterocycles. The van der Waals surface area contributed by atoms with Crippen LogP contribution in [0.1, 0.15) is 47.0 Å². The molecule has 0 aliphatic heterocycles. The largest absolute Gasteiger partial charge is 0.389 e. The zero-order valence-electron chi connectivity index (χ0n) is 12.9. The predicted octanol–water partition coefficient (Wildman–Crippen LogP) is 1.96. The Labute approximate surface area is 117 Å². The van der Waals surface area contributed by atoms with E-state index in [9.17, 15) is 5.11 Å². The number of ether oxygens (including phenoxy) is 2. The summed E-state index contributed by atoms with van der Waals surface area (Å²) in [4.78, 5) is 0. The van der Waals surface area contributed by atoms with Crippen molar-refractivity contribution in [1.29, 1.82) is 0 Å². The second-order valence-corrected chi connectivity index (χ2v) is 6.66. The summed E-state index contributed by atoms with van der Waals surface area (Å²) in [5.74, 6) is 0. The van der Waals surface area contributed by atoms with E-state index in [4.69, 9.17) is 9.47 Å². The summed E-state index contributed by atoms with van der Waals surface area (Å²) < 4.78 is 10.8. The molecule has 19 heavy (non-hydrogen) atoms. The minimum atomic E-state index is -0.428. The van der Waals surface area contributed by atoms with E-state index < -0.39 is 6.10 Å². The fourth-order valence-electron chi connectivity index (χ4n) is 2.53. The maximum absolute atomic E-state index is 9.82. The molecule has 4 nitrogen and oxygen atoms in total. The van der Waals surface area contributed by atoms with Crippen molar-refractivity contribution >= 4 is 0 Å². The number of nitrogens with one attached hydrogen (secondary N) is 1. The Morgan fingerprint density at radius 1 is 1.32 bits per heavy atom. The summed E-state index contributed by atoms with van der Waals surface area (Å²) in [5, 5.41) is 13.3. The Morgan fingerprint density at radius 2 is 2.05 bits per heavy atom. The topological polar surface area (TPSA) is 50.7 Å². The fraction of sp³-hybridized carbons (Fsp3) is 1.00. The molecule has 0 aromatic rings. The molecule has 2 unspecified atom stereocenters. The van der Waals surface area contributed by atoms with Crippen molar-refractivity contribution < 1.29 is 14.6 Å². The van der Waals surface area contributed by atoms with Gasteiger partial charge in [-0.05, 0) is 38.5 Å². The molecule has 2 atom stereocenters. The summed E-state index contributed by atoms with van der Waals surface area (Å²) in [6.45, 7) is 10.8. The minimum absolute atomic E-state index is 0.237. The van der Waals surface area contributed by atoms with Crippen molar-refractivity contribution in [3.8, 4) is 0 Å². The lowest BCUT2D eigenvalue weighted by Gasteiger charge is -2.19. The summed E-state index contributed by atoms with van der Waals surface area (Å²) in [5.41, 5.74) is 0.452. The van der Waals surface area contributed by atoms with Crippen LogP contribution < -0.4 is 5.32 Å². The number of hydrogen-bond donors (Lipinski definition) is 2. The van der Waals surface area contributed by atoms with Gasteiger partial charge in [-0.2, -0.15) is 0 Å². The van der Waals surface area contributed by atoms with E-state index in [-0.39, 0.29) is 6.10 Å². The van der Waals surface area contributed by atoms with Gasteiger partial charge in [-0.1, -0.05) is 13.8 Å². The van der Waals surface area contributed by atoms with Gasteiger partial charge in [0.25, 0.3) is 0 Å². The molecule has 0 aromatic heterocycles. The zero-order valence-corrected chi connectivity index (χ0v) is 12.9. The van der Waals surface area contributed by atoms with E-state index in [0.29, 0.717) is 37.8 Å². The summed E-state index contributed by atoms with van der Waals surface area (Å²) in [6.07, 6.45) is 3.48. The normalized spacial score (nSPS) is 24.0. The molecule has 1 saturated carbocycles. The molecule has 114 valence electrons. The van der Waals surface area contributed by atoms with Crippen molar-refractivity contribution in [2.45, 2.75) is 65.2 Å². The van der Waals surface area contributed by atoms with Crippen LogP contribution in [0.2, 0.25) is 0 Å². The van der Waals surface area contributed by atoms with Gasteiger partial charge in [-0.15, -0.1) is 0 Å². The Balaban J connectivity index is 1.98. The molecule has 0 spiro atoms. The van der Waals surface area contributed by atoms with Gasteiger partial charge >= 0.3 is 0 Å². The molecule has 0 saturated heterocycles. The molecule has 1 aliphatic rings. The first-order valence-corrected chi connectivity index (χ1v) is 7.50. The third kappa shape index (κ3) is 7.88. The highest BCUT2D eigenvalue weighted by Gasteiger charge is 2.30. The first kappa shape index (κ1) is 16.9. The standard InChI is InChI=1S/C15H31NO3/c1-12(2)19-8-7-18-11-14(17)10-16-13-5-6-15(3,4)9-13/h12-14,16-17H,5-11H2,1-4H3. The number of rotatable bonds is 9. The van der Waals surface area contributed by atoms with E-state index in [1.54, 1.807) is 0 Å². The van der Waals surface area contributed by atoms with E-state index in [1.807, 2.05) is 13.8 Å². The third-order valence-corrected chi connectivity index (χ3v) is 3.60. The molecule has 0 amide bonds. The average molecular weight is 273 g/mol. The van der Waals surface area contributed by atoms with Crippen LogP contribution in [0.25, 0.3) is 0 Å². The van der Waals surface area contributed by atoms with E-state index in [0.717, 1.165) is 0 Å². The van der Waals surface area contributed by atoms with Gasteiger partial charge in [0.2, 0.25) is 0 Å². The van der Waals surface area contributed by atoms with Gasteiger partial charge < -0.3 is 19.9 Å². The van der Waals surface area contributed by atoms with Crippen LogP contribution in [0.4, 0.5) is 0 Å². The highest BCUT2D eigenvalue weighted by atomic mass is 16.5. The molecule has 1 fully saturated rings. The van der Waals surface area contributed by atoms with E-state index >= 15 is 0 Å². The molecular weight excluding hydrogens is 242 g/mol. The van der Waals surface area contributed by atoms with Crippen LogP contribution >= 0.6 is 0 Å². The first-order chi connectivity index (χ1) is 8.89. The number of hydrogen-bond acceptors (Lipinski definition) is 4. The van der Waals surface area contributed by atoms with Crippen molar-refractivity contribution in [3.05, 3.63) is 0 Å². The lowest BCUT2D eigenvalue weighted by molar-refractivity contribution is -0.0105. The quantitative estimate of drug-likeness (QED) is 0.631. The number of aliphatic hydroxyl groups is 1. The summed E-state index contributed by atoms with van der Waals surface area (Å²) in [6, 6.07) is 0.550. The highest BCUT2D eigenvalue weighted by molar-refractivity contribution is 4.86. The summed E-state index contributed by atoms with van der Waals surface area (Å²) in [7, 11) is 0. The van der Waals surface area contributed by atoms with Crippen LogP contribution in [0.3, 0.4) is 0 Å². The molecule has 4 heteroatoms. The molecule has 2 N–H and O–H groups in total. The number of aliphatic hydroxyl groups excluding tert-OH is 1. The van der Waals surface area contributed by atoms with Crippen LogP contribution in [0.15, 0.2) is 0 Å². The van der Waals surface area contributed by atoms with Gasteiger partial charge in [-0.3, -0.25) is 0 Å². The highest BCUT2D eigenvalue weighted by Crippen LogP contribution is 2.36. The van der Waals surface area contributed by atoms with Crippen molar-refractivity contribution in [1.82, 2.24) is 5.32 Å². The lowest BCUT2D eigenvalue weighted by Crippen LogP contribution is -2.36. The maximum Gasteiger partial charge on any atom is 0.0897 e. The summed E-state index contributed by atoms with van der Waals surface area (Å²) >= 11 is 0. The molecule has 1 aliphatic carbocycles. The van der Waals surface area contributed by atoms with Crippen molar-refractivity contribution in [2.75, 3.05) is 26.4 Å². The first-order valence-electron chi connectivity index (χ1n) is 7.50. The Bertz CT molecular complexity index is 244. The zero-order chi connectivity index (χ0) is 14.3. The van der Waals surface area contributed by atoms with Crippen LogP contribution in [0, 0.1) is 5.41 Å². The van der Waals surface area contributed by atoms with Crippen LogP contribution in [0.5, 0.6) is 0 Å². The minimum Gasteiger partial charge on any atom is -0.389 e. The van der Waals surface area contributed by atoms with Crippen molar-refractivity contribution in [3.63, 3.8) is 0 Å². The van der Waals surface area contributed by atoms with E-state index in [2.05, 4.69) is 19.2 Å². The Kier molecular flexibility index (Phi) is 7.29. The Morgan fingerprint density at radius 3 is 2.63 bits per heavy atom. The second-order valence-electron chi connectivity index (χ2n) is 6.66. The molecule has 1 rings (SSSR count). The maximum atomic E-state index is 9.82. The molecular formula is C15H31NO3. The third-order valence-electron chi connectivity index (χ3n) is 3.60. The van der Waals surface area contributed by atoms with Gasteiger partial charge in [-0.25, -0.2) is 0 Å². The fourth-order valence-corrected chi connectivity index (χ4v) is 2.53. The lowest BCUT2D eigenvalue weighted by atomic mass is 9.92. The van der Waals surface area contributed by atoms with E-state index in [1.165, 1.54) is 19.3 Å². The molecule has 0 aromatic carbocycles. The average Bonchev–Trinajstić information content (AvgIpc) is 2.65. The van der Waals surface area contributed by atoms with Gasteiger partial charge in [0.05, 0.1) is 32.0 Å². The van der Waals surface area contributed by atoms with Gasteiger partial charge in [0, 0.05) is 12.6 Å². The second kappa shape index (κ2) is 8.20. The molecule has 0 bridgehead atoms. The van der Waals surface area contributed by atoms with Crippen molar-refractivity contribution in [2.24, 2.45) is 5.41 Å². The van der Waals surface area contributed by atoms with Crippen LogP contribution in [-0.4, -0.2) is 49.7 Å². The molecule has 0 radical (unpaired) electrons. The SMILES string of the molecule is CC(C)OCCOCC(O)CNC1CCC(C)(C)C1. The van der Waals surface area contributed by atoms with Gasteiger partial charge in [0.15, 0.2) is 0 Å². The monoisotopic (exact) mass is 273 g/mol. The Hall–Kier alpha value is -0.160. The predicted molar refractivity (Wildman–Crippen MR) is 77.3 cm³/mol.